The molecular weight excluding hydrogens is 363 g/mol. The number of nitrogens with zero attached hydrogens (tertiary/aromatic N) is 5. The number of para-hydroxylation sites is 1. The van der Waals surface area contributed by atoms with Gasteiger partial charge in [-0.3, -0.25) is 4.79 Å². The summed E-state index contributed by atoms with van der Waals surface area (Å²) in [6, 6.07) is 5.56. The Morgan fingerprint density at radius 2 is 2.14 bits per heavy atom. The molecule has 1 atom stereocenters. The average Bonchev–Trinajstić information content (AvgIpc) is 3.13. The van der Waals surface area contributed by atoms with Crippen molar-refractivity contribution < 1.29 is 13.9 Å². The Morgan fingerprint density at radius 1 is 1.36 bits per heavy atom. The number of ether oxygens (including phenoxy) is 1. The fraction of sp³-hybridized carbons (Fsp3) is 0.474. The summed E-state index contributed by atoms with van der Waals surface area (Å²) in [4.78, 5) is 23.0. The van der Waals surface area contributed by atoms with Crippen LogP contribution in [0.25, 0.3) is 16.6 Å². The predicted octanol–water partition coefficient (Wildman–Crippen LogP) is 2.32. The van der Waals surface area contributed by atoms with Gasteiger partial charge in [0.05, 0.1) is 7.11 Å². The fourth-order valence-electron chi connectivity index (χ4n) is 3.73. The summed E-state index contributed by atoms with van der Waals surface area (Å²) in [5, 5.41) is 5.32. The number of nitrogen functional groups attached to an aromatic ring is 1. The Bertz CT molecular complexity index is 1060. The molecular formula is C19H23FN6O2. The van der Waals surface area contributed by atoms with Crippen LogP contribution in [0.1, 0.15) is 38.4 Å². The largest absolute Gasteiger partial charge is 0.494 e. The molecule has 2 aromatic heterocycles. The number of halogens is 1. The van der Waals surface area contributed by atoms with Crippen molar-refractivity contribution in [2.24, 2.45) is 0 Å². The van der Waals surface area contributed by atoms with Crippen molar-refractivity contribution in [2.45, 2.75) is 38.3 Å². The highest BCUT2D eigenvalue weighted by Crippen LogP contribution is 2.31. The first-order chi connectivity index (χ1) is 13.3. The Morgan fingerprint density at radius 3 is 2.86 bits per heavy atom. The third-order valence-electron chi connectivity index (χ3n) is 5.11. The van der Waals surface area contributed by atoms with Crippen molar-refractivity contribution in [3.05, 3.63) is 24.0 Å². The van der Waals surface area contributed by atoms with Crippen LogP contribution in [0.5, 0.6) is 5.75 Å². The van der Waals surface area contributed by atoms with Gasteiger partial charge in [0.1, 0.15) is 11.3 Å². The van der Waals surface area contributed by atoms with Crippen LogP contribution in [0.15, 0.2) is 18.2 Å². The number of carbonyl (C=O) groups is 1. The zero-order valence-corrected chi connectivity index (χ0v) is 16.1. The summed E-state index contributed by atoms with van der Waals surface area (Å²) in [7, 11) is 1.58. The van der Waals surface area contributed by atoms with Crippen molar-refractivity contribution in [1.82, 2.24) is 24.5 Å². The molecule has 1 amide bonds. The van der Waals surface area contributed by atoms with Crippen LogP contribution in [0.2, 0.25) is 0 Å². The van der Waals surface area contributed by atoms with Crippen LogP contribution in [-0.2, 0) is 4.79 Å². The van der Waals surface area contributed by atoms with Gasteiger partial charge in [-0.1, -0.05) is 6.07 Å². The van der Waals surface area contributed by atoms with Gasteiger partial charge in [0.2, 0.25) is 5.95 Å². The topological polar surface area (TPSA) is 98.6 Å². The van der Waals surface area contributed by atoms with E-state index < -0.39 is 11.6 Å². The normalized spacial score (nSPS) is 18.0. The number of alkyl halides is 1. The number of likely N-dealkylation sites (tertiary alicyclic amines) is 1. The lowest BCUT2D eigenvalue weighted by molar-refractivity contribution is -0.143. The van der Waals surface area contributed by atoms with Gasteiger partial charge in [-0.25, -0.2) is 14.4 Å². The van der Waals surface area contributed by atoms with E-state index in [1.807, 2.05) is 18.2 Å². The van der Waals surface area contributed by atoms with Crippen molar-refractivity contribution in [2.75, 3.05) is 25.9 Å². The molecule has 1 fully saturated rings. The van der Waals surface area contributed by atoms with E-state index in [0.717, 1.165) is 18.2 Å². The number of aromatic nitrogens is 4. The molecule has 1 aliphatic rings. The minimum Gasteiger partial charge on any atom is -0.494 e. The molecule has 28 heavy (non-hydrogen) atoms. The maximum absolute atomic E-state index is 14.1. The second kappa shape index (κ2) is 6.57. The lowest BCUT2D eigenvalue weighted by Gasteiger charge is -2.34. The van der Waals surface area contributed by atoms with Gasteiger partial charge in [0, 0.05) is 24.4 Å². The summed E-state index contributed by atoms with van der Waals surface area (Å²) in [6.07, 6.45) is 1.59. The molecule has 1 aliphatic heterocycles. The molecule has 0 bridgehead atoms. The minimum absolute atomic E-state index is 0.0833. The van der Waals surface area contributed by atoms with Gasteiger partial charge < -0.3 is 15.4 Å². The number of methoxy groups -OCH3 is 1. The molecule has 0 radical (unpaired) electrons. The number of carbonyl (C=O) groups excluding carboxylic acids is 1. The van der Waals surface area contributed by atoms with E-state index in [0.29, 0.717) is 35.8 Å². The molecule has 8 nitrogen and oxygen atoms in total. The first-order valence-corrected chi connectivity index (χ1v) is 9.26. The average molecular weight is 386 g/mol. The first kappa shape index (κ1) is 18.4. The number of fused-ring (bicyclic) bond motifs is 3. The monoisotopic (exact) mass is 386 g/mol. The number of hydrogen-bond acceptors (Lipinski definition) is 6. The van der Waals surface area contributed by atoms with E-state index in [-0.39, 0.29) is 11.9 Å². The highest BCUT2D eigenvalue weighted by molar-refractivity contribution is 5.95. The van der Waals surface area contributed by atoms with Gasteiger partial charge >= 0.3 is 0 Å². The Labute approximate surface area is 161 Å². The Kier molecular flexibility index (Phi) is 4.32. The van der Waals surface area contributed by atoms with Gasteiger partial charge in [-0.2, -0.15) is 4.52 Å². The zero-order chi connectivity index (χ0) is 20.1. The molecule has 4 rings (SSSR count). The van der Waals surface area contributed by atoms with Gasteiger partial charge in [0.25, 0.3) is 5.91 Å². The SMILES string of the molecule is COc1cccc2c1nc(N)n1nc(C3CCCN(C(=O)C(C)(C)F)C3)nc21. The molecule has 1 aromatic carbocycles. The van der Waals surface area contributed by atoms with E-state index in [4.69, 9.17) is 15.5 Å². The summed E-state index contributed by atoms with van der Waals surface area (Å²) in [5.74, 6) is 0.811. The number of piperidine rings is 1. The molecule has 0 aliphatic carbocycles. The molecule has 9 heteroatoms. The Hall–Kier alpha value is -2.97. The highest BCUT2D eigenvalue weighted by Gasteiger charge is 2.35. The predicted molar refractivity (Wildman–Crippen MR) is 103 cm³/mol. The number of anilines is 1. The number of amides is 1. The lowest BCUT2D eigenvalue weighted by atomic mass is 9.96. The Balaban J connectivity index is 1.75. The van der Waals surface area contributed by atoms with Crippen LogP contribution in [0.3, 0.4) is 0 Å². The lowest BCUT2D eigenvalue weighted by Crippen LogP contribution is -2.47. The molecule has 1 unspecified atom stereocenters. The zero-order valence-electron chi connectivity index (χ0n) is 16.1. The van der Waals surface area contributed by atoms with Crippen LogP contribution < -0.4 is 10.5 Å². The van der Waals surface area contributed by atoms with Gasteiger partial charge in [0.15, 0.2) is 17.1 Å². The number of rotatable bonds is 3. The van der Waals surface area contributed by atoms with Crippen molar-refractivity contribution in [3.63, 3.8) is 0 Å². The molecule has 0 spiro atoms. The van der Waals surface area contributed by atoms with Crippen LogP contribution in [0.4, 0.5) is 10.3 Å². The maximum Gasteiger partial charge on any atom is 0.259 e. The standard InChI is InChI=1S/C19H23FN6O2/c1-19(2,20)17(27)25-9-5-6-11(10-25)15-23-16-12-7-4-8-13(28-3)14(12)22-18(21)26(16)24-15/h4,7-8,11H,5-6,9-10H2,1-3H3,(H2,21,22). The van der Waals surface area contributed by atoms with Crippen LogP contribution >= 0.6 is 0 Å². The molecule has 3 heterocycles. The highest BCUT2D eigenvalue weighted by atomic mass is 19.1. The number of benzene rings is 1. The van der Waals surface area contributed by atoms with E-state index in [2.05, 4.69) is 10.1 Å². The first-order valence-electron chi connectivity index (χ1n) is 9.26. The summed E-state index contributed by atoms with van der Waals surface area (Å²) >= 11 is 0. The second-order valence-corrected chi connectivity index (χ2v) is 7.59. The van der Waals surface area contributed by atoms with Crippen LogP contribution in [0, 0.1) is 0 Å². The smallest absolute Gasteiger partial charge is 0.259 e. The van der Waals surface area contributed by atoms with E-state index in [1.165, 1.54) is 18.4 Å². The summed E-state index contributed by atoms with van der Waals surface area (Å²) in [5.41, 5.74) is 5.42. The van der Waals surface area contributed by atoms with E-state index in [1.54, 1.807) is 12.0 Å². The van der Waals surface area contributed by atoms with Crippen molar-refractivity contribution in [3.8, 4) is 5.75 Å². The van der Waals surface area contributed by atoms with E-state index >= 15 is 0 Å². The minimum atomic E-state index is -1.89. The molecule has 0 saturated carbocycles. The number of hydrogen-bond donors (Lipinski definition) is 1. The quantitative estimate of drug-likeness (QED) is 0.742. The fourth-order valence-corrected chi connectivity index (χ4v) is 3.73. The van der Waals surface area contributed by atoms with Crippen molar-refractivity contribution in [1.29, 1.82) is 0 Å². The summed E-state index contributed by atoms with van der Waals surface area (Å²) in [6.45, 7) is 3.50. The maximum atomic E-state index is 14.1. The molecule has 3 aromatic rings. The molecule has 1 saturated heterocycles. The van der Waals surface area contributed by atoms with E-state index in [9.17, 15) is 9.18 Å². The second-order valence-electron chi connectivity index (χ2n) is 7.59. The van der Waals surface area contributed by atoms with Crippen LogP contribution in [-0.4, -0.2) is 56.3 Å². The third kappa shape index (κ3) is 3.00. The van der Waals surface area contributed by atoms with Gasteiger partial charge in [-0.15, -0.1) is 5.10 Å². The molecule has 148 valence electrons. The number of nitrogens with two attached hydrogens (primary N) is 1. The summed E-state index contributed by atoms with van der Waals surface area (Å²) < 4.78 is 21.0. The molecule has 2 N–H and O–H groups in total. The third-order valence-corrected chi connectivity index (χ3v) is 5.11. The van der Waals surface area contributed by atoms with Crippen molar-refractivity contribution >= 4 is 28.4 Å². The van der Waals surface area contributed by atoms with Gasteiger partial charge in [-0.05, 0) is 38.8 Å².